The van der Waals surface area contributed by atoms with Gasteiger partial charge in [-0.3, -0.25) is 4.68 Å². The Balaban J connectivity index is 2.80. The van der Waals surface area contributed by atoms with Crippen LogP contribution < -0.4 is 4.74 Å². The largest absolute Gasteiger partial charge is 0.493 e. The second-order valence-corrected chi connectivity index (χ2v) is 3.18. The first-order chi connectivity index (χ1) is 6.69. The number of hydrogen-bond acceptors (Lipinski definition) is 3. The predicted molar refractivity (Wildman–Crippen MR) is 53.5 cm³/mol. The number of carbonyl (C=O) groups excluding carboxylic acids is 1. The van der Waals surface area contributed by atoms with Crippen LogP contribution in [0, 0.1) is 0 Å². The lowest BCUT2D eigenvalue weighted by Crippen LogP contribution is -2.05. The van der Waals surface area contributed by atoms with Gasteiger partial charge >= 0.3 is 0 Å². The van der Waals surface area contributed by atoms with Gasteiger partial charge in [0.2, 0.25) is 0 Å². The first kappa shape index (κ1) is 10.8. The summed E-state index contributed by atoms with van der Waals surface area (Å²) in [5.41, 5.74) is 1.00. The molecular weight excluding hydrogens is 180 g/mol. The molecule has 0 saturated carbocycles. The second kappa shape index (κ2) is 4.79. The molecule has 0 N–H and O–H groups in total. The maximum absolute atomic E-state index is 10.9. The molecule has 4 heteroatoms. The van der Waals surface area contributed by atoms with Gasteiger partial charge in [-0.2, -0.15) is 5.10 Å². The second-order valence-electron chi connectivity index (χ2n) is 3.18. The number of ether oxygens (including phenoxy) is 1. The highest BCUT2D eigenvalue weighted by atomic mass is 16.5. The Morgan fingerprint density at radius 3 is 2.86 bits per heavy atom. The number of nitrogens with zero attached hydrogens (tertiary/aromatic N) is 2. The molecule has 0 radical (unpaired) electrons. The molecular formula is C10H16N2O2. The molecule has 14 heavy (non-hydrogen) atoms. The minimum Gasteiger partial charge on any atom is -0.493 e. The van der Waals surface area contributed by atoms with Crippen molar-refractivity contribution in [1.82, 2.24) is 9.78 Å². The molecule has 0 aromatic carbocycles. The van der Waals surface area contributed by atoms with Gasteiger partial charge in [-0.25, -0.2) is 0 Å². The lowest BCUT2D eigenvalue weighted by Gasteiger charge is -2.05. The third-order valence-corrected chi connectivity index (χ3v) is 2.14. The number of Topliss-reactive ketones (excluding diaryl/α,β-unsaturated/α-hetero) is 1. The summed E-state index contributed by atoms with van der Waals surface area (Å²) in [7, 11) is 1.62. The van der Waals surface area contributed by atoms with Gasteiger partial charge < -0.3 is 9.53 Å². The fourth-order valence-electron chi connectivity index (χ4n) is 1.38. The van der Waals surface area contributed by atoms with E-state index in [0.717, 1.165) is 18.0 Å². The number of aryl methyl sites for hydroxylation is 1. The van der Waals surface area contributed by atoms with Gasteiger partial charge in [-0.05, 0) is 20.3 Å². The molecule has 0 saturated heterocycles. The predicted octanol–water partition coefficient (Wildman–Crippen LogP) is 1.43. The number of rotatable bonds is 5. The molecule has 0 aliphatic carbocycles. The highest BCUT2D eigenvalue weighted by Crippen LogP contribution is 2.18. The van der Waals surface area contributed by atoms with E-state index in [1.54, 1.807) is 20.2 Å². The standard InChI is InChI=1S/C10H16N2O2/c1-4-12-9(6-5-8(2)13)10(14-3)7-11-12/h7H,4-6H2,1-3H3. The Kier molecular flexibility index (Phi) is 3.68. The maximum Gasteiger partial charge on any atom is 0.159 e. The Hall–Kier alpha value is -1.32. The van der Waals surface area contributed by atoms with Gasteiger partial charge in [-0.15, -0.1) is 0 Å². The van der Waals surface area contributed by atoms with E-state index >= 15 is 0 Å². The van der Waals surface area contributed by atoms with Gasteiger partial charge in [0.15, 0.2) is 5.75 Å². The summed E-state index contributed by atoms with van der Waals surface area (Å²) in [6.07, 6.45) is 2.94. The minimum atomic E-state index is 0.191. The molecule has 1 rings (SSSR count). The number of aromatic nitrogens is 2. The van der Waals surface area contributed by atoms with Crippen molar-refractivity contribution in [3.05, 3.63) is 11.9 Å². The van der Waals surface area contributed by atoms with E-state index in [2.05, 4.69) is 5.10 Å². The van der Waals surface area contributed by atoms with Crippen LogP contribution in [0.3, 0.4) is 0 Å². The summed E-state index contributed by atoms with van der Waals surface area (Å²) >= 11 is 0. The maximum atomic E-state index is 10.9. The van der Waals surface area contributed by atoms with Crippen LogP contribution in [0.4, 0.5) is 0 Å². The van der Waals surface area contributed by atoms with Crippen molar-refractivity contribution >= 4 is 5.78 Å². The Morgan fingerprint density at radius 1 is 1.64 bits per heavy atom. The van der Waals surface area contributed by atoms with Crippen LogP contribution in [0.25, 0.3) is 0 Å². The van der Waals surface area contributed by atoms with E-state index in [0.29, 0.717) is 12.8 Å². The third-order valence-electron chi connectivity index (χ3n) is 2.14. The Morgan fingerprint density at radius 2 is 2.36 bits per heavy atom. The molecule has 1 aromatic heterocycles. The first-order valence-corrected chi connectivity index (χ1v) is 4.77. The summed E-state index contributed by atoms with van der Waals surface area (Å²) < 4.78 is 7.03. The zero-order valence-corrected chi connectivity index (χ0v) is 8.91. The van der Waals surface area contributed by atoms with E-state index in [4.69, 9.17) is 4.74 Å². The lowest BCUT2D eigenvalue weighted by molar-refractivity contribution is -0.117. The van der Waals surface area contributed by atoms with E-state index in [1.807, 2.05) is 11.6 Å². The van der Waals surface area contributed by atoms with Crippen LogP contribution in [-0.2, 0) is 17.8 Å². The molecule has 1 aromatic rings. The summed E-state index contributed by atoms with van der Waals surface area (Å²) in [5.74, 6) is 0.962. The van der Waals surface area contributed by atoms with Crippen molar-refractivity contribution in [3.63, 3.8) is 0 Å². The van der Waals surface area contributed by atoms with Crippen molar-refractivity contribution in [2.45, 2.75) is 33.2 Å². The van der Waals surface area contributed by atoms with E-state index in [1.165, 1.54) is 0 Å². The van der Waals surface area contributed by atoms with E-state index in [-0.39, 0.29) is 5.78 Å². The van der Waals surface area contributed by atoms with Gasteiger partial charge in [0, 0.05) is 13.0 Å². The van der Waals surface area contributed by atoms with Crippen molar-refractivity contribution in [1.29, 1.82) is 0 Å². The quantitative estimate of drug-likeness (QED) is 0.715. The fraction of sp³-hybridized carbons (Fsp3) is 0.600. The molecule has 0 bridgehead atoms. The summed E-state index contributed by atoms with van der Waals surface area (Å²) in [6.45, 7) is 4.42. The van der Waals surface area contributed by atoms with Gasteiger partial charge in [-0.1, -0.05) is 0 Å². The summed E-state index contributed by atoms with van der Waals surface area (Å²) in [4.78, 5) is 10.9. The average Bonchev–Trinajstić information content (AvgIpc) is 2.56. The van der Waals surface area contributed by atoms with Crippen LogP contribution >= 0.6 is 0 Å². The van der Waals surface area contributed by atoms with Crippen LogP contribution in [0.2, 0.25) is 0 Å². The van der Waals surface area contributed by atoms with E-state index < -0.39 is 0 Å². The molecule has 0 fully saturated rings. The molecule has 0 atom stereocenters. The van der Waals surface area contributed by atoms with Crippen molar-refractivity contribution in [2.75, 3.05) is 7.11 Å². The minimum absolute atomic E-state index is 0.191. The third kappa shape index (κ3) is 2.34. The lowest BCUT2D eigenvalue weighted by atomic mass is 10.2. The van der Waals surface area contributed by atoms with Crippen LogP contribution in [0.1, 0.15) is 26.0 Å². The normalized spacial score (nSPS) is 10.2. The zero-order chi connectivity index (χ0) is 10.6. The molecule has 0 amide bonds. The Bertz CT molecular complexity index is 296. The molecule has 0 aliphatic heterocycles. The average molecular weight is 196 g/mol. The highest BCUT2D eigenvalue weighted by Gasteiger charge is 2.10. The monoisotopic (exact) mass is 196 g/mol. The number of methoxy groups -OCH3 is 1. The van der Waals surface area contributed by atoms with Gasteiger partial charge in [0.05, 0.1) is 19.0 Å². The molecule has 4 nitrogen and oxygen atoms in total. The highest BCUT2D eigenvalue weighted by molar-refractivity contribution is 5.75. The van der Waals surface area contributed by atoms with Crippen molar-refractivity contribution in [2.24, 2.45) is 0 Å². The molecule has 0 aliphatic rings. The van der Waals surface area contributed by atoms with Crippen LogP contribution in [0.15, 0.2) is 6.20 Å². The SMILES string of the molecule is CCn1ncc(OC)c1CCC(C)=O. The zero-order valence-electron chi connectivity index (χ0n) is 8.91. The summed E-state index contributed by atoms with van der Waals surface area (Å²) in [5, 5.41) is 4.16. The van der Waals surface area contributed by atoms with Gasteiger partial charge in [0.25, 0.3) is 0 Å². The van der Waals surface area contributed by atoms with Crippen molar-refractivity contribution in [3.8, 4) is 5.75 Å². The molecule has 1 heterocycles. The van der Waals surface area contributed by atoms with Crippen LogP contribution in [-0.4, -0.2) is 22.7 Å². The topological polar surface area (TPSA) is 44.1 Å². The van der Waals surface area contributed by atoms with E-state index in [9.17, 15) is 4.79 Å². The number of hydrogen-bond donors (Lipinski definition) is 0. The molecule has 78 valence electrons. The summed E-state index contributed by atoms with van der Waals surface area (Å²) in [6, 6.07) is 0. The fourth-order valence-corrected chi connectivity index (χ4v) is 1.38. The van der Waals surface area contributed by atoms with Crippen molar-refractivity contribution < 1.29 is 9.53 Å². The molecule has 0 spiro atoms. The number of ketones is 1. The smallest absolute Gasteiger partial charge is 0.159 e. The number of carbonyl (C=O) groups is 1. The first-order valence-electron chi connectivity index (χ1n) is 4.77. The molecule has 0 unspecified atom stereocenters. The Labute approximate surface area is 83.9 Å². The van der Waals surface area contributed by atoms with Gasteiger partial charge in [0.1, 0.15) is 5.78 Å². The van der Waals surface area contributed by atoms with Crippen LogP contribution in [0.5, 0.6) is 5.75 Å².